The summed E-state index contributed by atoms with van der Waals surface area (Å²) in [4.78, 5) is 14.4. The summed E-state index contributed by atoms with van der Waals surface area (Å²) >= 11 is 0. The molecular formula is C23H32N2O4S. The standard InChI is InChI=1S/C23H32N2O4S/c1-15-16(2)18(4)23(19(5)17(15)3)30(27,28)24-13-12-22(26)25(6)14-20-10-8-9-11-21(20)29-7/h8-11,24H,12-14H2,1-7H3. The number of carbonyl (C=O) groups excluding carboxylic acids is 1. The lowest BCUT2D eigenvalue weighted by Gasteiger charge is -2.20. The number of sulfonamides is 1. The van der Waals surface area contributed by atoms with Crippen LogP contribution in [-0.4, -0.2) is 39.9 Å². The first-order chi connectivity index (χ1) is 14.0. The Morgan fingerprint density at radius 3 is 2.07 bits per heavy atom. The number of carbonyl (C=O) groups is 1. The molecule has 0 aromatic heterocycles. The number of ether oxygens (including phenoxy) is 1. The lowest BCUT2D eigenvalue weighted by atomic mass is 9.95. The minimum Gasteiger partial charge on any atom is -0.496 e. The van der Waals surface area contributed by atoms with E-state index in [4.69, 9.17) is 4.74 Å². The van der Waals surface area contributed by atoms with Gasteiger partial charge in [-0.2, -0.15) is 0 Å². The van der Waals surface area contributed by atoms with E-state index in [-0.39, 0.29) is 18.9 Å². The molecule has 0 radical (unpaired) electrons. The van der Waals surface area contributed by atoms with Gasteiger partial charge in [-0.25, -0.2) is 13.1 Å². The molecule has 164 valence electrons. The van der Waals surface area contributed by atoms with Crippen LogP contribution in [0.2, 0.25) is 0 Å². The highest BCUT2D eigenvalue weighted by Gasteiger charge is 2.23. The Bertz CT molecular complexity index is 1020. The van der Waals surface area contributed by atoms with E-state index in [9.17, 15) is 13.2 Å². The third kappa shape index (κ3) is 5.02. The molecule has 0 aliphatic carbocycles. The van der Waals surface area contributed by atoms with Crippen LogP contribution in [-0.2, 0) is 21.4 Å². The maximum atomic E-state index is 13.0. The van der Waals surface area contributed by atoms with Crippen LogP contribution >= 0.6 is 0 Å². The third-order valence-electron chi connectivity index (χ3n) is 5.86. The molecule has 30 heavy (non-hydrogen) atoms. The van der Waals surface area contributed by atoms with E-state index in [1.807, 2.05) is 58.9 Å². The van der Waals surface area contributed by atoms with Crippen LogP contribution in [0.4, 0.5) is 0 Å². The van der Waals surface area contributed by atoms with E-state index < -0.39 is 10.0 Å². The molecule has 1 amide bonds. The zero-order chi connectivity index (χ0) is 22.6. The van der Waals surface area contributed by atoms with Crippen molar-refractivity contribution in [1.82, 2.24) is 9.62 Å². The Morgan fingerprint density at radius 1 is 0.967 bits per heavy atom. The molecule has 0 bridgehead atoms. The second-order valence-electron chi connectivity index (χ2n) is 7.66. The van der Waals surface area contributed by atoms with Crippen molar-refractivity contribution < 1.29 is 17.9 Å². The van der Waals surface area contributed by atoms with Crippen molar-refractivity contribution in [2.24, 2.45) is 0 Å². The first kappa shape index (κ1) is 23.9. The Balaban J connectivity index is 2.06. The Morgan fingerprint density at radius 2 is 1.50 bits per heavy atom. The molecule has 0 unspecified atom stereocenters. The molecule has 0 heterocycles. The van der Waals surface area contributed by atoms with Gasteiger partial charge in [-0.15, -0.1) is 0 Å². The Labute approximate surface area is 180 Å². The number of methoxy groups -OCH3 is 1. The number of hydrogen-bond donors (Lipinski definition) is 1. The lowest BCUT2D eigenvalue weighted by Crippen LogP contribution is -2.32. The average molecular weight is 433 g/mol. The molecule has 0 aliphatic heterocycles. The monoisotopic (exact) mass is 432 g/mol. The number of nitrogens with one attached hydrogen (secondary N) is 1. The van der Waals surface area contributed by atoms with Gasteiger partial charge in [-0.05, 0) is 68.5 Å². The van der Waals surface area contributed by atoms with Crippen molar-refractivity contribution in [2.45, 2.75) is 52.5 Å². The summed E-state index contributed by atoms with van der Waals surface area (Å²) in [5.74, 6) is 0.572. The predicted molar refractivity (Wildman–Crippen MR) is 119 cm³/mol. The largest absolute Gasteiger partial charge is 0.496 e. The van der Waals surface area contributed by atoms with Crippen molar-refractivity contribution in [2.75, 3.05) is 20.7 Å². The summed E-state index contributed by atoms with van der Waals surface area (Å²) in [6, 6.07) is 7.51. The van der Waals surface area contributed by atoms with Gasteiger partial charge in [0.25, 0.3) is 0 Å². The fraction of sp³-hybridized carbons (Fsp3) is 0.435. The van der Waals surface area contributed by atoms with Crippen LogP contribution in [0.1, 0.15) is 39.8 Å². The molecule has 0 aliphatic rings. The average Bonchev–Trinajstić information content (AvgIpc) is 2.70. The topological polar surface area (TPSA) is 75.7 Å². The fourth-order valence-electron chi connectivity index (χ4n) is 3.60. The van der Waals surface area contributed by atoms with Gasteiger partial charge in [0.05, 0.1) is 12.0 Å². The zero-order valence-corrected chi connectivity index (χ0v) is 19.7. The molecule has 0 spiro atoms. The van der Waals surface area contributed by atoms with Crippen molar-refractivity contribution in [1.29, 1.82) is 0 Å². The highest BCUT2D eigenvalue weighted by atomic mass is 32.2. The first-order valence-corrected chi connectivity index (χ1v) is 11.4. The SMILES string of the molecule is COc1ccccc1CN(C)C(=O)CCNS(=O)(=O)c1c(C)c(C)c(C)c(C)c1C. The molecule has 0 saturated carbocycles. The number of rotatable bonds is 8. The van der Waals surface area contributed by atoms with Crippen LogP contribution in [0, 0.1) is 34.6 Å². The fourth-order valence-corrected chi connectivity index (χ4v) is 5.23. The quantitative estimate of drug-likeness (QED) is 0.692. The minimum absolute atomic E-state index is 0.0439. The van der Waals surface area contributed by atoms with Gasteiger partial charge in [0.2, 0.25) is 15.9 Å². The summed E-state index contributed by atoms with van der Waals surface area (Å²) in [5.41, 5.74) is 5.47. The number of amides is 1. The van der Waals surface area contributed by atoms with Gasteiger partial charge in [0.1, 0.15) is 5.75 Å². The summed E-state index contributed by atoms with van der Waals surface area (Å²) < 4.78 is 33.9. The minimum atomic E-state index is -3.72. The second kappa shape index (κ2) is 9.62. The number of para-hydroxylation sites is 1. The smallest absolute Gasteiger partial charge is 0.241 e. The van der Waals surface area contributed by atoms with Gasteiger partial charge in [-0.3, -0.25) is 4.79 Å². The normalized spacial score (nSPS) is 11.4. The van der Waals surface area contributed by atoms with E-state index in [2.05, 4.69) is 4.72 Å². The molecule has 0 fully saturated rings. The molecular weight excluding hydrogens is 400 g/mol. The van der Waals surface area contributed by atoms with Crippen molar-refractivity contribution in [3.05, 3.63) is 57.6 Å². The molecule has 2 aromatic rings. The molecule has 0 atom stereocenters. The van der Waals surface area contributed by atoms with Crippen molar-refractivity contribution in [3.63, 3.8) is 0 Å². The highest BCUT2D eigenvalue weighted by Crippen LogP contribution is 2.29. The Hall–Kier alpha value is -2.38. The molecule has 6 nitrogen and oxygen atoms in total. The molecule has 2 rings (SSSR count). The number of benzene rings is 2. The predicted octanol–water partition coefficient (Wildman–Crippen LogP) is 3.56. The van der Waals surface area contributed by atoms with Crippen molar-refractivity contribution in [3.8, 4) is 5.75 Å². The van der Waals surface area contributed by atoms with Crippen LogP contribution in [0.15, 0.2) is 29.2 Å². The molecule has 7 heteroatoms. The summed E-state index contributed by atoms with van der Waals surface area (Å²) in [6.45, 7) is 9.97. The number of hydrogen-bond acceptors (Lipinski definition) is 4. The van der Waals surface area contributed by atoms with Crippen LogP contribution in [0.5, 0.6) is 5.75 Å². The maximum Gasteiger partial charge on any atom is 0.241 e. The molecule has 1 N–H and O–H groups in total. The van der Waals surface area contributed by atoms with Crippen LogP contribution in [0.3, 0.4) is 0 Å². The second-order valence-corrected chi connectivity index (χ2v) is 9.37. The lowest BCUT2D eigenvalue weighted by molar-refractivity contribution is -0.130. The number of nitrogens with zero attached hydrogens (tertiary/aromatic N) is 1. The van der Waals surface area contributed by atoms with Crippen LogP contribution in [0.25, 0.3) is 0 Å². The third-order valence-corrected chi connectivity index (χ3v) is 7.59. The van der Waals surface area contributed by atoms with E-state index in [0.717, 1.165) is 33.4 Å². The summed E-state index contributed by atoms with van der Waals surface area (Å²) in [5, 5.41) is 0. The van der Waals surface area contributed by atoms with Gasteiger partial charge >= 0.3 is 0 Å². The van der Waals surface area contributed by atoms with Gasteiger partial charge < -0.3 is 9.64 Å². The van der Waals surface area contributed by atoms with E-state index in [1.165, 1.54) is 0 Å². The van der Waals surface area contributed by atoms with Gasteiger partial charge in [0, 0.05) is 32.1 Å². The Kier molecular flexibility index (Phi) is 7.66. The summed E-state index contributed by atoms with van der Waals surface area (Å²) in [6.07, 6.45) is 0.0762. The molecule has 0 saturated heterocycles. The van der Waals surface area contributed by atoms with E-state index in [0.29, 0.717) is 17.2 Å². The van der Waals surface area contributed by atoms with Crippen LogP contribution < -0.4 is 9.46 Å². The van der Waals surface area contributed by atoms with E-state index in [1.54, 1.807) is 19.1 Å². The highest BCUT2D eigenvalue weighted by molar-refractivity contribution is 7.89. The first-order valence-electron chi connectivity index (χ1n) is 9.93. The summed E-state index contributed by atoms with van der Waals surface area (Å²) in [7, 11) is -0.425. The van der Waals surface area contributed by atoms with Gasteiger partial charge in [0.15, 0.2) is 0 Å². The van der Waals surface area contributed by atoms with Gasteiger partial charge in [-0.1, -0.05) is 18.2 Å². The van der Waals surface area contributed by atoms with E-state index >= 15 is 0 Å². The maximum absolute atomic E-state index is 13.0. The molecule has 2 aromatic carbocycles. The van der Waals surface area contributed by atoms with Crippen molar-refractivity contribution >= 4 is 15.9 Å². The zero-order valence-electron chi connectivity index (χ0n) is 18.9.